The van der Waals surface area contributed by atoms with E-state index in [4.69, 9.17) is 4.74 Å². The normalized spacial score (nSPS) is 17.7. The lowest BCUT2D eigenvalue weighted by molar-refractivity contribution is -0.122. The van der Waals surface area contributed by atoms with E-state index < -0.39 is 0 Å². The molecular weight excluding hydrogens is 409 g/mol. The Kier molecular flexibility index (Phi) is 9.24. The lowest BCUT2D eigenvalue weighted by Crippen LogP contribution is -2.44. The van der Waals surface area contributed by atoms with Gasteiger partial charge in [0.25, 0.3) is 0 Å². The summed E-state index contributed by atoms with van der Waals surface area (Å²) in [5.41, 5.74) is 5.22. The highest BCUT2D eigenvalue weighted by atomic mass is 35.5. The van der Waals surface area contributed by atoms with Crippen LogP contribution in [0.4, 0.5) is 5.69 Å². The van der Waals surface area contributed by atoms with Gasteiger partial charge in [-0.2, -0.15) is 0 Å². The smallest absolute Gasteiger partial charge is 0.221 e. The van der Waals surface area contributed by atoms with E-state index in [1.165, 1.54) is 16.8 Å². The van der Waals surface area contributed by atoms with Crippen LogP contribution in [0.25, 0.3) is 0 Å². The summed E-state index contributed by atoms with van der Waals surface area (Å²) in [6.45, 7) is 4.74. The number of para-hydroxylation sites is 1. The van der Waals surface area contributed by atoms with Gasteiger partial charge in [-0.25, -0.2) is 0 Å². The standard InChI is InChI=1S/C22H27N3O2.2ClH/c26-22(13-20-16-27-12-10-23-20)24-14-17-5-7-18(8-6-17)15-25-11-9-19-3-1-2-4-21(19)25;;/h1-8,20,23H,9-16H2,(H,24,26);2*1H. The summed E-state index contributed by atoms with van der Waals surface area (Å²) in [7, 11) is 0. The minimum atomic E-state index is 0. The molecule has 1 amide bonds. The van der Waals surface area contributed by atoms with Crippen LogP contribution >= 0.6 is 24.8 Å². The molecule has 0 spiro atoms. The lowest BCUT2D eigenvalue weighted by Gasteiger charge is -2.23. The summed E-state index contributed by atoms with van der Waals surface area (Å²) >= 11 is 0. The lowest BCUT2D eigenvalue weighted by atomic mass is 10.1. The molecular formula is C22H29Cl2N3O2. The van der Waals surface area contributed by atoms with Gasteiger partial charge in [0.15, 0.2) is 0 Å². The molecule has 4 rings (SSSR count). The van der Waals surface area contributed by atoms with Crippen LogP contribution in [0.5, 0.6) is 0 Å². The fourth-order valence-electron chi connectivity index (χ4n) is 3.80. The van der Waals surface area contributed by atoms with Gasteiger partial charge >= 0.3 is 0 Å². The van der Waals surface area contributed by atoms with Crippen molar-refractivity contribution in [3.8, 4) is 0 Å². The Bertz CT molecular complexity index is 780. The third kappa shape index (κ3) is 6.34. The number of halogens is 2. The van der Waals surface area contributed by atoms with Crippen LogP contribution in [-0.4, -0.2) is 38.3 Å². The Morgan fingerprint density at radius 3 is 2.62 bits per heavy atom. The summed E-state index contributed by atoms with van der Waals surface area (Å²) in [6.07, 6.45) is 1.59. The Morgan fingerprint density at radius 1 is 1.10 bits per heavy atom. The number of anilines is 1. The van der Waals surface area contributed by atoms with E-state index in [0.717, 1.165) is 38.2 Å². The average Bonchev–Trinajstić information content (AvgIpc) is 3.11. The number of fused-ring (bicyclic) bond motifs is 1. The second-order valence-corrected chi connectivity index (χ2v) is 7.32. The molecule has 0 bridgehead atoms. The molecule has 7 heteroatoms. The fourth-order valence-corrected chi connectivity index (χ4v) is 3.80. The molecule has 1 saturated heterocycles. The van der Waals surface area contributed by atoms with Crippen LogP contribution in [-0.2, 0) is 29.0 Å². The second kappa shape index (κ2) is 11.4. The predicted molar refractivity (Wildman–Crippen MR) is 121 cm³/mol. The quantitative estimate of drug-likeness (QED) is 0.728. The number of ether oxygens (including phenoxy) is 1. The van der Waals surface area contributed by atoms with E-state index in [1.54, 1.807) is 0 Å². The van der Waals surface area contributed by atoms with Crippen LogP contribution in [0.1, 0.15) is 23.1 Å². The molecule has 2 N–H and O–H groups in total. The molecule has 2 aliphatic rings. The molecule has 0 aliphatic carbocycles. The summed E-state index contributed by atoms with van der Waals surface area (Å²) in [4.78, 5) is 14.5. The van der Waals surface area contributed by atoms with Gasteiger partial charge in [0.2, 0.25) is 5.91 Å². The van der Waals surface area contributed by atoms with Crippen LogP contribution in [0, 0.1) is 0 Å². The number of morpholine rings is 1. The van der Waals surface area contributed by atoms with Gasteiger partial charge in [0.1, 0.15) is 0 Å². The third-order valence-corrected chi connectivity index (χ3v) is 5.30. The van der Waals surface area contributed by atoms with E-state index in [-0.39, 0.29) is 36.8 Å². The number of amides is 1. The van der Waals surface area contributed by atoms with Crippen LogP contribution in [0.15, 0.2) is 48.5 Å². The Hall–Kier alpha value is -1.79. The Morgan fingerprint density at radius 2 is 1.86 bits per heavy atom. The van der Waals surface area contributed by atoms with Crippen molar-refractivity contribution in [3.05, 3.63) is 65.2 Å². The van der Waals surface area contributed by atoms with Crippen molar-refractivity contribution in [2.45, 2.75) is 32.0 Å². The van der Waals surface area contributed by atoms with Crippen molar-refractivity contribution < 1.29 is 9.53 Å². The van der Waals surface area contributed by atoms with Crippen LogP contribution in [0.2, 0.25) is 0 Å². The van der Waals surface area contributed by atoms with Gasteiger partial charge in [-0.15, -0.1) is 24.8 Å². The third-order valence-electron chi connectivity index (χ3n) is 5.30. The molecule has 2 aromatic carbocycles. The van der Waals surface area contributed by atoms with Gasteiger partial charge in [0, 0.05) is 44.3 Å². The molecule has 0 radical (unpaired) electrons. The van der Waals surface area contributed by atoms with Gasteiger partial charge in [-0.05, 0) is 29.2 Å². The average molecular weight is 438 g/mol. The van der Waals surface area contributed by atoms with E-state index in [0.29, 0.717) is 19.6 Å². The van der Waals surface area contributed by atoms with E-state index in [2.05, 4.69) is 64.1 Å². The number of benzene rings is 2. The number of carbonyl (C=O) groups is 1. The molecule has 5 nitrogen and oxygen atoms in total. The summed E-state index contributed by atoms with van der Waals surface area (Å²) in [5, 5.41) is 6.31. The van der Waals surface area contributed by atoms with Crippen molar-refractivity contribution in [2.75, 3.05) is 31.2 Å². The van der Waals surface area contributed by atoms with Crippen LogP contribution in [0.3, 0.4) is 0 Å². The predicted octanol–water partition coefficient (Wildman–Crippen LogP) is 3.09. The molecule has 158 valence electrons. The highest BCUT2D eigenvalue weighted by Crippen LogP contribution is 2.28. The maximum atomic E-state index is 12.1. The maximum Gasteiger partial charge on any atom is 0.221 e. The molecule has 1 fully saturated rings. The first-order valence-electron chi connectivity index (χ1n) is 9.76. The van der Waals surface area contributed by atoms with Crippen molar-refractivity contribution in [2.24, 2.45) is 0 Å². The first-order valence-corrected chi connectivity index (χ1v) is 9.76. The minimum Gasteiger partial charge on any atom is -0.378 e. The van der Waals surface area contributed by atoms with Crippen LogP contribution < -0.4 is 15.5 Å². The van der Waals surface area contributed by atoms with E-state index in [1.807, 2.05) is 0 Å². The van der Waals surface area contributed by atoms with E-state index in [9.17, 15) is 4.79 Å². The topological polar surface area (TPSA) is 53.6 Å². The Balaban J connectivity index is 0.00000150. The SMILES string of the molecule is Cl.Cl.O=C(CC1COCCN1)NCc1ccc(CN2CCc3ccccc32)cc1. The van der Waals surface area contributed by atoms with Gasteiger partial charge in [-0.1, -0.05) is 42.5 Å². The number of hydrogen-bond donors (Lipinski definition) is 2. The zero-order chi connectivity index (χ0) is 18.5. The van der Waals surface area contributed by atoms with E-state index >= 15 is 0 Å². The summed E-state index contributed by atoms with van der Waals surface area (Å²) in [5.74, 6) is 0.0655. The summed E-state index contributed by atoms with van der Waals surface area (Å²) in [6, 6.07) is 17.3. The molecule has 2 aliphatic heterocycles. The molecule has 29 heavy (non-hydrogen) atoms. The second-order valence-electron chi connectivity index (χ2n) is 7.32. The zero-order valence-corrected chi connectivity index (χ0v) is 18.1. The monoisotopic (exact) mass is 437 g/mol. The van der Waals surface area contributed by atoms with Crippen molar-refractivity contribution >= 4 is 36.4 Å². The van der Waals surface area contributed by atoms with Crippen molar-refractivity contribution in [3.63, 3.8) is 0 Å². The van der Waals surface area contributed by atoms with Gasteiger partial charge in [-0.3, -0.25) is 4.79 Å². The molecule has 2 aromatic rings. The first kappa shape index (κ1) is 23.5. The molecule has 2 heterocycles. The largest absolute Gasteiger partial charge is 0.378 e. The molecule has 0 saturated carbocycles. The Labute approximate surface area is 185 Å². The first-order chi connectivity index (χ1) is 13.3. The van der Waals surface area contributed by atoms with Crippen molar-refractivity contribution in [1.29, 1.82) is 0 Å². The minimum absolute atomic E-state index is 0. The number of nitrogens with one attached hydrogen (secondary N) is 2. The van der Waals surface area contributed by atoms with Crippen molar-refractivity contribution in [1.82, 2.24) is 10.6 Å². The molecule has 1 atom stereocenters. The molecule has 0 aromatic heterocycles. The zero-order valence-electron chi connectivity index (χ0n) is 16.4. The number of carbonyl (C=O) groups excluding carboxylic acids is 1. The highest BCUT2D eigenvalue weighted by Gasteiger charge is 2.18. The number of rotatable bonds is 6. The molecule has 1 unspecified atom stereocenters. The van der Waals surface area contributed by atoms with Gasteiger partial charge in [0.05, 0.1) is 13.2 Å². The summed E-state index contributed by atoms with van der Waals surface area (Å²) < 4.78 is 5.39. The number of hydrogen-bond acceptors (Lipinski definition) is 4. The fraction of sp³-hybridized carbons (Fsp3) is 0.409. The highest BCUT2D eigenvalue weighted by molar-refractivity contribution is 5.85. The number of nitrogens with zero attached hydrogens (tertiary/aromatic N) is 1. The maximum absolute atomic E-state index is 12.1. The van der Waals surface area contributed by atoms with Gasteiger partial charge < -0.3 is 20.3 Å².